The molecule has 19 heavy (non-hydrogen) atoms. The number of halogens is 3. The van der Waals surface area contributed by atoms with E-state index >= 15 is 0 Å². The molecule has 7 heteroatoms. The summed E-state index contributed by atoms with van der Waals surface area (Å²) in [6, 6.07) is 1.07. The van der Waals surface area contributed by atoms with Crippen LogP contribution in [0.3, 0.4) is 0 Å². The number of aliphatic hydroxyl groups is 1. The van der Waals surface area contributed by atoms with Crippen LogP contribution in [-0.4, -0.2) is 48.2 Å². The highest BCUT2D eigenvalue weighted by Gasteiger charge is 2.32. The first kappa shape index (κ1) is 14.2. The molecule has 1 aliphatic heterocycles. The highest BCUT2D eigenvalue weighted by molar-refractivity contribution is 6.30. The molecule has 0 radical (unpaired) electrons. The number of nitrogens with zero attached hydrogens (tertiary/aromatic N) is 1. The van der Waals surface area contributed by atoms with Crippen LogP contribution in [0.5, 0.6) is 0 Å². The Morgan fingerprint density at radius 1 is 1.42 bits per heavy atom. The minimum absolute atomic E-state index is 0.361. The van der Waals surface area contributed by atoms with Crippen LogP contribution < -0.4 is 5.32 Å². The summed E-state index contributed by atoms with van der Waals surface area (Å²) < 4.78 is 27.0. The molecule has 1 aromatic carbocycles. The average molecular weight is 291 g/mol. The van der Waals surface area contributed by atoms with Gasteiger partial charge in [0.2, 0.25) is 0 Å². The Labute approximate surface area is 114 Å². The van der Waals surface area contributed by atoms with Gasteiger partial charge in [-0.2, -0.15) is 0 Å². The van der Waals surface area contributed by atoms with Gasteiger partial charge in [-0.25, -0.2) is 8.78 Å². The van der Waals surface area contributed by atoms with Gasteiger partial charge in [-0.3, -0.25) is 4.79 Å². The molecule has 4 nitrogen and oxygen atoms in total. The monoisotopic (exact) mass is 290 g/mol. The molecule has 0 spiro atoms. The number of rotatable bonds is 2. The summed E-state index contributed by atoms with van der Waals surface area (Å²) in [5.41, 5.74) is -0.400. The van der Waals surface area contributed by atoms with Crippen LogP contribution in [0.15, 0.2) is 12.1 Å². The molecule has 1 heterocycles. The van der Waals surface area contributed by atoms with Gasteiger partial charge < -0.3 is 15.3 Å². The van der Waals surface area contributed by atoms with Crippen molar-refractivity contribution in [3.05, 3.63) is 34.4 Å². The Morgan fingerprint density at radius 2 is 2.11 bits per heavy atom. The average Bonchev–Trinajstić information content (AvgIpc) is 2.78. The molecule has 0 unspecified atom stereocenters. The van der Waals surface area contributed by atoms with Crippen molar-refractivity contribution in [3.63, 3.8) is 0 Å². The summed E-state index contributed by atoms with van der Waals surface area (Å²) in [6.45, 7) is 0.765. The Kier molecular flexibility index (Phi) is 4.03. The fraction of sp³-hybridized carbons (Fsp3) is 0.417. The molecule has 1 amide bonds. The molecule has 2 rings (SSSR count). The van der Waals surface area contributed by atoms with Gasteiger partial charge in [0.25, 0.3) is 5.91 Å². The van der Waals surface area contributed by atoms with Gasteiger partial charge in [-0.15, -0.1) is 0 Å². The molecule has 2 atom stereocenters. The summed E-state index contributed by atoms with van der Waals surface area (Å²) >= 11 is 5.43. The third-order valence-electron chi connectivity index (χ3n) is 3.21. The van der Waals surface area contributed by atoms with E-state index in [-0.39, 0.29) is 5.02 Å². The topological polar surface area (TPSA) is 52.6 Å². The Morgan fingerprint density at radius 3 is 2.68 bits per heavy atom. The van der Waals surface area contributed by atoms with E-state index in [0.29, 0.717) is 13.1 Å². The molecular weight excluding hydrogens is 278 g/mol. The zero-order valence-corrected chi connectivity index (χ0v) is 10.9. The molecular formula is C12H13ClF2N2O2. The first-order chi connectivity index (χ1) is 8.91. The van der Waals surface area contributed by atoms with E-state index in [1.807, 2.05) is 0 Å². The van der Waals surface area contributed by atoms with Gasteiger partial charge in [0.1, 0.15) is 11.6 Å². The van der Waals surface area contributed by atoms with Crippen LogP contribution in [0.4, 0.5) is 8.78 Å². The van der Waals surface area contributed by atoms with E-state index < -0.39 is 35.3 Å². The molecule has 0 aliphatic carbocycles. The second kappa shape index (κ2) is 5.40. The van der Waals surface area contributed by atoms with Crippen molar-refractivity contribution in [2.45, 2.75) is 12.1 Å². The fourth-order valence-corrected chi connectivity index (χ4v) is 2.22. The summed E-state index contributed by atoms with van der Waals surface area (Å²) in [5.74, 6) is -2.44. The molecule has 1 fully saturated rings. The molecule has 0 bridgehead atoms. The van der Waals surface area contributed by atoms with Crippen LogP contribution in [0.25, 0.3) is 0 Å². The maximum Gasteiger partial charge on any atom is 0.257 e. The van der Waals surface area contributed by atoms with Crippen molar-refractivity contribution in [2.24, 2.45) is 0 Å². The van der Waals surface area contributed by atoms with Crippen LogP contribution in [0, 0.1) is 11.6 Å². The van der Waals surface area contributed by atoms with Gasteiger partial charge in [0, 0.05) is 20.1 Å². The van der Waals surface area contributed by atoms with E-state index in [1.54, 1.807) is 0 Å². The number of β-amino-alcohol motifs (C(OH)–C–C–N with tert-alkyl or cyclic N) is 1. The number of hydrogen-bond acceptors (Lipinski definition) is 3. The van der Waals surface area contributed by atoms with Crippen LogP contribution in [-0.2, 0) is 0 Å². The largest absolute Gasteiger partial charge is 0.390 e. The number of carbonyl (C=O) groups excluding carboxylic acids is 1. The maximum atomic E-state index is 13.6. The quantitative estimate of drug-likeness (QED) is 0.800. The smallest absolute Gasteiger partial charge is 0.257 e. The number of nitrogens with one attached hydrogen (secondary N) is 1. The van der Waals surface area contributed by atoms with Gasteiger partial charge in [0.15, 0.2) is 0 Å². The highest BCUT2D eigenvalue weighted by Crippen LogP contribution is 2.21. The van der Waals surface area contributed by atoms with Gasteiger partial charge >= 0.3 is 0 Å². The summed E-state index contributed by atoms with van der Waals surface area (Å²) in [7, 11) is 1.44. The van der Waals surface area contributed by atoms with E-state index in [1.165, 1.54) is 11.9 Å². The first-order valence-electron chi connectivity index (χ1n) is 5.72. The van der Waals surface area contributed by atoms with E-state index in [0.717, 1.165) is 12.1 Å². The molecule has 0 aromatic heterocycles. The lowest BCUT2D eigenvalue weighted by atomic mass is 10.1. The normalized spacial score (nSPS) is 22.6. The minimum atomic E-state index is -0.885. The van der Waals surface area contributed by atoms with E-state index in [4.69, 9.17) is 11.6 Å². The van der Waals surface area contributed by atoms with E-state index in [9.17, 15) is 18.7 Å². The maximum absolute atomic E-state index is 13.6. The lowest BCUT2D eigenvalue weighted by Crippen LogP contribution is -2.44. The Hall–Kier alpha value is -1.24. The number of hydrogen-bond donors (Lipinski definition) is 2. The molecule has 0 saturated carbocycles. The van der Waals surface area contributed by atoms with Crippen molar-refractivity contribution < 1.29 is 18.7 Å². The highest BCUT2D eigenvalue weighted by atomic mass is 35.5. The van der Waals surface area contributed by atoms with Gasteiger partial charge in [0.05, 0.1) is 22.7 Å². The van der Waals surface area contributed by atoms with Crippen LogP contribution in [0.2, 0.25) is 5.02 Å². The molecule has 1 aliphatic rings. The van der Waals surface area contributed by atoms with Crippen molar-refractivity contribution in [1.29, 1.82) is 0 Å². The fourth-order valence-electron chi connectivity index (χ4n) is 2.07. The lowest BCUT2D eigenvalue weighted by Gasteiger charge is -2.26. The number of benzene rings is 1. The molecule has 1 saturated heterocycles. The van der Waals surface area contributed by atoms with Crippen molar-refractivity contribution in [1.82, 2.24) is 10.2 Å². The van der Waals surface area contributed by atoms with Crippen molar-refractivity contribution in [2.75, 3.05) is 20.1 Å². The summed E-state index contributed by atoms with van der Waals surface area (Å²) in [4.78, 5) is 13.3. The third-order valence-corrected chi connectivity index (χ3v) is 3.50. The molecule has 104 valence electrons. The Bertz CT molecular complexity index is 513. The molecule has 2 N–H and O–H groups in total. The van der Waals surface area contributed by atoms with Crippen LogP contribution in [0.1, 0.15) is 10.4 Å². The minimum Gasteiger partial charge on any atom is -0.390 e. The first-order valence-corrected chi connectivity index (χ1v) is 6.10. The van der Waals surface area contributed by atoms with Gasteiger partial charge in [-0.1, -0.05) is 11.6 Å². The van der Waals surface area contributed by atoms with Crippen LogP contribution >= 0.6 is 11.6 Å². The number of amides is 1. The third kappa shape index (κ3) is 2.70. The second-order valence-electron chi connectivity index (χ2n) is 4.46. The zero-order valence-electron chi connectivity index (χ0n) is 10.2. The van der Waals surface area contributed by atoms with Crippen molar-refractivity contribution >= 4 is 17.5 Å². The van der Waals surface area contributed by atoms with Crippen molar-refractivity contribution in [3.8, 4) is 0 Å². The zero-order chi connectivity index (χ0) is 14.2. The van der Waals surface area contributed by atoms with Gasteiger partial charge in [-0.05, 0) is 12.1 Å². The number of carbonyl (C=O) groups is 1. The standard InChI is InChI=1S/C12H13ClF2N2O2/c1-17(10-4-16-5-11(10)18)12(19)6-2-9(15)7(13)3-8(6)14/h2-3,10-11,16,18H,4-5H2,1H3/t10-,11-/m0/s1. The number of likely N-dealkylation sites (N-methyl/N-ethyl adjacent to an activating group) is 1. The SMILES string of the molecule is CN(C(=O)c1cc(F)c(Cl)cc1F)[C@H]1CNC[C@@H]1O. The predicted molar refractivity (Wildman–Crippen MR) is 66.1 cm³/mol. The second-order valence-corrected chi connectivity index (χ2v) is 4.86. The summed E-state index contributed by atoms with van der Waals surface area (Å²) in [6.07, 6.45) is -0.728. The lowest BCUT2D eigenvalue weighted by molar-refractivity contribution is 0.0576. The van der Waals surface area contributed by atoms with E-state index in [2.05, 4.69) is 5.32 Å². The predicted octanol–water partition coefficient (Wildman–Crippen LogP) is 1.02. The molecule has 1 aromatic rings. The Balaban J connectivity index is 2.26. The number of aliphatic hydroxyl groups excluding tert-OH is 1. The summed E-state index contributed by atoms with van der Waals surface area (Å²) in [5, 5.41) is 12.2.